The topological polar surface area (TPSA) is 26.7 Å². The average molecular weight is 242 g/mol. The summed E-state index contributed by atoms with van der Waals surface area (Å²) in [5.74, 6) is 0.766. The molecule has 1 fully saturated rings. The monoisotopic (exact) mass is 242 g/mol. The molecule has 3 unspecified atom stereocenters. The Kier molecular flexibility index (Phi) is 6.45. The fraction of sp³-hybridized carbons (Fsp3) is 1.00. The van der Waals surface area contributed by atoms with Crippen LogP contribution in [0, 0.1) is 5.92 Å². The van der Waals surface area contributed by atoms with E-state index in [-0.39, 0.29) is 6.10 Å². The SMILES string of the molecule is CCCN(CCN(C)C)C1CC(C)CCC1O. The van der Waals surface area contributed by atoms with Crippen molar-refractivity contribution in [3.63, 3.8) is 0 Å². The number of rotatable bonds is 6. The van der Waals surface area contributed by atoms with Gasteiger partial charge in [-0.05, 0) is 52.2 Å². The summed E-state index contributed by atoms with van der Waals surface area (Å²) < 4.78 is 0. The normalized spacial score (nSPS) is 30.2. The molecule has 0 heterocycles. The lowest BCUT2D eigenvalue weighted by Gasteiger charge is -2.40. The van der Waals surface area contributed by atoms with Gasteiger partial charge in [0.1, 0.15) is 0 Å². The lowest BCUT2D eigenvalue weighted by Crippen LogP contribution is -2.49. The van der Waals surface area contributed by atoms with Crippen molar-refractivity contribution < 1.29 is 5.11 Å². The van der Waals surface area contributed by atoms with Crippen LogP contribution in [-0.2, 0) is 0 Å². The van der Waals surface area contributed by atoms with Crippen LogP contribution in [-0.4, -0.2) is 60.8 Å². The van der Waals surface area contributed by atoms with Crippen LogP contribution in [0.2, 0.25) is 0 Å². The molecular weight excluding hydrogens is 212 g/mol. The maximum atomic E-state index is 10.2. The van der Waals surface area contributed by atoms with E-state index in [9.17, 15) is 5.11 Å². The minimum atomic E-state index is -0.111. The van der Waals surface area contributed by atoms with Crippen LogP contribution in [0.4, 0.5) is 0 Å². The third-order valence-corrected chi connectivity index (χ3v) is 3.86. The van der Waals surface area contributed by atoms with Crippen LogP contribution in [0.15, 0.2) is 0 Å². The molecule has 102 valence electrons. The van der Waals surface area contributed by atoms with Crippen molar-refractivity contribution in [2.75, 3.05) is 33.7 Å². The van der Waals surface area contributed by atoms with Crippen LogP contribution in [0.25, 0.3) is 0 Å². The molecule has 1 saturated carbocycles. The molecule has 0 radical (unpaired) electrons. The Hall–Kier alpha value is -0.120. The smallest absolute Gasteiger partial charge is 0.0695 e. The largest absolute Gasteiger partial charge is 0.391 e. The van der Waals surface area contributed by atoms with Gasteiger partial charge in [-0.1, -0.05) is 13.8 Å². The Balaban J connectivity index is 2.53. The Morgan fingerprint density at radius 3 is 2.41 bits per heavy atom. The number of nitrogens with zero attached hydrogens (tertiary/aromatic N) is 2. The molecule has 1 aliphatic rings. The standard InChI is InChI=1S/C14H30N2O/c1-5-8-16(10-9-15(3)4)13-11-12(2)6-7-14(13)17/h12-14,17H,5-11H2,1-4H3. The molecule has 0 amide bonds. The average Bonchev–Trinajstić information content (AvgIpc) is 2.27. The lowest BCUT2D eigenvalue weighted by atomic mass is 9.84. The molecule has 1 aliphatic carbocycles. The molecule has 0 spiro atoms. The number of likely N-dealkylation sites (N-methyl/N-ethyl adjacent to an activating group) is 1. The zero-order valence-corrected chi connectivity index (χ0v) is 12.0. The molecule has 0 aromatic carbocycles. The van der Waals surface area contributed by atoms with Crippen molar-refractivity contribution >= 4 is 0 Å². The molecular formula is C14H30N2O. The Bertz CT molecular complexity index is 208. The van der Waals surface area contributed by atoms with Gasteiger partial charge in [0.05, 0.1) is 6.10 Å². The molecule has 0 bridgehead atoms. The van der Waals surface area contributed by atoms with Crippen LogP contribution in [0.1, 0.15) is 39.5 Å². The van der Waals surface area contributed by atoms with Gasteiger partial charge < -0.3 is 10.0 Å². The number of hydrogen-bond donors (Lipinski definition) is 1. The summed E-state index contributed by atoms with van der Waals surface area (Å²) in [5.41, 5.74) is 0. The molecule has 1 N–H and O–H groups in total. The van der Waals surface area contributed by atoms with Gasteiger partial charge in [-0.3, -0.25) is 4.90 Å². The first-order valence-electron chi connectivity index (χ1n) is 7.11. The lowest BCUT2D eigenvalue weighted by molar-refractivity contribution is 0.00344. The zero-order chi connectivity index (χ0) is 12.8. The highest BCUT2D eigenvalue weighted by atomic mass is 16.3. The van der Waals surface area contributed by atoms with Gasteiger partial charge in [-0.2, -0.15) is 0 Å². The van der Waals surface area contributed by atoms with E-state index in [0.29, 0.717) is 6.04 Å². The van der Waals surface area contributed by atoms with Gasteiger partial charge in [-0.15, -0.1) is 0 Å². The van der Waals surface area contributed by atoms with Gasteiger partial charge >= 0.3 is 0 Å². The number of aliphatic hydroxyl groups is 1. The Morgan fingerprint density at radius 2 is 1.82 bits per heavy atom. The van der Waals surface area contributed by atoms with Gasteiger partial charge in [-0.25, -0.2) is 0 Å². The van der Waals surface area contributed by atoms with Crippen molar-refractivity contribution in [2.45, 2.75) is 51.7 Å². The summed E-state index contributed by atoms with van der Waals surface area (Å²) in [6.45, 7) is 7.81. The highest BCUT2D eigenvalue weighted by Gasteiger charge is 2.31. The summed E-state index contributed by atoms with van der Waals surface area (Å²) in [4.78, 5) is 4.72. The predicted molar refractivity (Wildman–Crippen MR) is 73.2 cm³/mol. The van der Waals surface area contributed by atoms with Crippen LogP contribution in [0.5, 0.6) is 0 Å². The Morgan fingerprint density at radius 1 is 1.12 bits per heavy atom. The highest BCUT2D eigenvalue weighted by Crippen LogP contribution is 2.27. The van der Waals surface area contributed by atoms with Crippen LogP contribution >= 0.6 is 0 Å². The predicted octanol–water partition coefficient (Wildman–Crippen LogP) is 1.81. The second-order valence-electron chi connectivity index (χ2n) is 5.89. The molecule has 3 nitrogen and oxygen atoms in total. The molecule has 3 heteroatoms. The molecule has 17 heavy (non-hydrogen) atoms. The molecule has 0 aliphatic heterocycles. The summed E-state index contributed by atoms with van der Waals surface area (Å²) in [6, 6.07) is 0.388. The summed E-state index contributed by atoms with van der Waals surface area (Å²) in [6.07, 6.45) is 4.39. The van der Waals surface area contributed by atoms with E-state index < -0.39 is 0 Å². The minimum Gasteiger partial charge on any atom is -0.391 e. The fourth-order valence-corrected chi connectivity index (χ4v) is 2.79. The quantitative estimate of drug-likeness (QED) is 0.769. The second-order valence-corrected chi connectivity index (χ2v) is 5.89. The third-order valence-electron chi connectivity index (χ3n) is 3.86. The van der Waals surface area contributed by atoms with Crippen molar-refractivity contribution in [3.05, 3.63) is 0 Å². The molecule has 0 saturated heterocycles. The van der Waals surface area contributed by atoms with E-state index in [2.05, 4.69) is 37.7 Å². The molecule has 0 aromatic rings. The molecule has 3 atom stereocenters. The van der Waals surface area contributed by atoms with E-state index in [4.69, 9.17) is 0 Å². The van der Waals surface area contributed by atoms with Crippen molar-refractivity contribution in [1.29, 1.82) is 0 Å². The van der Waals surface area contributed by atoms with E-state index >= 15 is 0 Å². The minimum absolute atomic E-state index is 0.111. The molecule has 1 rings (SSSR count). The summed E-state index contributed by atoms with van der Waals surface area (Å²) in [5, 5.41) is 10.2. The van der Waals surface area contributed by atoms with E-state index in [1.807, 2.05) is 0 Å². The first-order valence-corrected chi connectivity index (χ1v) is 7.11. The van der Waals surface area contributed by atoms with Gasteiger partial charge in [0.25, 0.3) is 0 Å². The van der Waals surface area contributed by atoms with E-state index in [0.717, 1.165) is 38.4 Å². The van der Waals surface area contributed by atoms with Gasteiger partial charge in [0.15, 0.2) is 0 Å². The fourth-order valence-electron chi connectivity index (χ4n) is 2.79. The van der Waals surface area contributed by atoms with Crippen molar-refractivity contribution in [3.8, 4) is 0 Å². The second kappa shape index (κ2) is 7.34. The first kappa shape index (κ1) is 14.9. The summed E-state index contributed by atoms with van der Waals surface area (Å²) >= 11 is 0. The van der Waals surface area contributed by atoms with Crippen LogP contribution < -0.4 is 0 Å². The van der Waals surface area contributed by atoms with Gasteiger partial charge in [0, 0.05) is 19.1 Å². The molecule has 0 aromatic heterocycles. The van der Waals surface area contributed by atoms with Gasteiger partial charge in [0.2, 0.25) is 0 Å². The maximum Gasteiger partial charge on any atom is 0.0695 e. The van der Waals surface area contributed by atoms with Crippen LogP contribution in [0.3, 0.4) is 0 Å². The maximum absolute atomic E-state index is 10.2. The highest BCUT2D eigenvalue weighted by molar-refractivity contribution is 4.85. The third kappa shape index (κ3) is 4.94. The van der Waals surface area contributed by atoms with E-state index in [1.54, 1.807) is 0 Å². The van der Waals surface area contributed by atoms with Crippen molar-refractivity contribution in [1.82, 2.24) is 9.80 Å². The first-order chi connectivity index (χ1) is 8.04. The van der Waals surface area contributed by atoms with E-state index in [1.165, 1.54) is 12.8 Å². The summed E-state index contributed by atoms with van der Waals surface area (Å²) in [7, 11) is 4.23. The van der Waals surface area contributed by atoms with Crippen molar-refractivity contribution in [2.24, 2.45) is 5.92 Å². The zero-order valence-electron chi connectivity index (χ0n) is 12.0. The number of hydrogen-bond acceptors (Lipinski definition) is 3. The number of aliphatic hydroxyl groups excluding tert-OH is 1. The Labute approximate surface area is 107 Å².